The number of hydrogen-bond donors (Lipinski definition) is 1. The van der Waals surface area contributed by atoms with E-state index in [0.29, 0.717) is 17.1 Å². The number of carbonyl (C=O) groups is 2. The number of ether oxygens (including phenoxy) is 1. The third-order valence-corrected chi connectivity index (χ3v) is 4.61. The Morgan fingerprint density at radius 3 is 2.50 bits per heavy atom. The smallest absolute Gasteiger partial charge is 0.337 e. The highest BCUT2D eigenvalue weighted by molar-refractivity contribution is 5.93. The molecule has 0 aliphatic heterocycles. The molecule has 9 nitrogen and oxygen atoms in total. The number of amides is 1. The van der Waals surface area contributed by atoms with Gasteiger partial charge in [-0.3, -0.25) is 9.59 Å². The van der Waals surface area contributed by atoms with E-state index in [1.54, 1.807) is 24.3 Å². The summed E-state index contributed by atoms with van der Waals surface area (Å²) < 4.78 is 11.2. The molecule has 0 radical (unpaired) electrons. The van der Waals surface area contributed by atoms with E-state index in [1.165, 1.54) is 30.0 Å². The zero-order valence-corrected chi connectivity index (χ0v) is 17.0. The lowest BCUT2D eigenvalue weighted by Gasteiger charge is -2.08. The number of rotatable bonds is 6. The number of nitrogens with zero attached hydrogens (tertiary/aromatic N) is 3. The summed E-state index contributed by atoms with van der Waals surface area (Å²) in [7, 11) is 1.29. The molecule has 32 heavy (non-hydrogen) atoms. The van der Waals surface area contributed by atoms with Gasteiger partial charge in [0.25, 0.3) is 11.4 Å². The molecule has 0 aliphatic rings. The summed E-state index contributed by atoms with van der Waals surface area (Å²) in [6.45, 7) is -0.217. The molecule has 2 aromatic carbocycles. The number of esters is 1. The summed E-state index contributed by atoms with van der Waals surface area (Å²) in [6, 6.07) is 18.7. The number of methoxy groups -OCH3 is 1. The molecular formula is C23H18N4O5. The maximum atomic E-state index is 12.9. The molecule has 4 aromatic rings. The van der Waals surface area contributed by atoms with Gasteiger partial charge in [-0.05, 0) is 36.4 Å². The summed E-state index contributed by atoms with van der Waals surface area (Å²) in [6.07, 6.45) is 1.50. The molecule has 0 fully saturated rings. The average molecular weight is 430 g/mol. The molecule has 0 unspecified atom stereocenters. The van der Waals surface area contributed by atoms with Crippen LogP contribution in [-0.2, 0) is 16.1 Å². The van der Waals surface area contributed by atoms with Gasteiger partial charge < -0.3 is 19.1 Å². The van der Waals surface area contributed by atoms with E-state index in [1.807, 2.05) is 30.3 Å². The van der Waals surface area contributed by atoms with Crippen LogP contribution in [0.1, 0.15) is 10.4 Å². The second-order valence-corrected chi connectivity index (χ2v) is 6.76. The standard InChI is InChI=1S/C23H18N4O5/c1-31-23(30)16-9-11-17(12-10-16)24-19(28)14-27-13-5-8-18(22(27)29)21-25-20(26-32-21)15-6-3-2-4-7-15/h2-13H,14H2,1H3,(H,24,28). The van der Waals surface area contributed by atoms with Crippen LogP contribution in [0.4, 0.5) is 5.69 Å². The first-order valence-electron chi connectivity index (χ1n) is 9.62. The van der Waals surface area contributed by atoms with Crippen molar-refractivity contribution in [3.63, 3.8) is 0 Å². The Labute approximate surface area is 182 Å². The van der Waals surface area contributed by atoms with Crippen molar-refractivity contribution >= 4 is 17.6 Å². The molecule has 9 heteroatoms. The van der Waals surface area contributed by atoms with Crippen molar-refractivity contribution in [2.24, 2.45) is 0 Å². The van der Waals surface area contributed by atoms with Crippen LogP contribution >= 0.6 is 0 Å². The lowest BCUT2D eigenvalue weighted by molar-refractivity contribution is -0.116. The predicted molar refractivity (Wildman–Crippen MR) is 116 cm³/mol. The molecule has 4 rings (SSSR count). The number of anilines is 1. The Kier molecular flexibility index (Phi) is 5.89. The van der Waals surface area contributed by atoms with E-state index < -0.39 is 17.4 Å². The zero-order chi connectivity index (χ0) is 22.5. The SMILES string of the molecule is COC(=O)c1ccc(NC(=O)Cn2cccc(-c3nc(-c4ccccc4)no3)c2=O)cc1. The Morgan fingerprint density at radius 1 is 1.03 bits per heavy atom. The van der Waals surface area contributed by atoms with Crippen molar-refractivity contribution in [2.45, 2.75) is 6.54 Å². The molecule has 0 saturated carbocycles. The largest absolute Gasteiger partial charge is 0.465 e. The lowest BCUT2D eigenvalue weighted by Crippen LogP contribution is -2.28. The highest BCUT2D eigenvalue weighted by Gasteiger charge is 2.16. The van der Waals surface area contributed by atoms with Gasteiger partial charge in [0.15, 0.2) is 0 Å². The van der Waals surface area contributed by atoms with Crippen LogP contribution in [0.2, 0.25) is 0 Å². The number of aromatic nitrogens is 3. The minimum atomic E-state index is -0.470. The first-order chi connectivity index (χ1) is 15.5. The van der Waals surface area contributed by atoms with E-state index >= 15 is 0 Å². The fraction of sp³-hybridized carbons (Fsp3) is 0.0870. The predicted octanol–water partition coefficient (Wildman–Crippen LogP) is 2.99. The Bertz CT molecular complexity index is 1310. The Hall–Kier alpha value is -4.53. The van der Waals surface area contributed by atoms with Gasteiger partial charge in [-0.1, -0.05) is 35.5 Å². The molecule has 2 aromatic heterocycles. The summed E-state index contributed by atoms with van der Waals surface area (Å²) in [5, 5.41) is 6.61. The van der Waals surface area contributed by atoms with Gasteiger partial charge in [0.2, 0.25) is 11.7 Å². The van der Waals surface area contributed by atoms with Gasteiger partial charge in [-0.2, -0.15) is 4.98 Å². The summed E-state index contributed by atoms with van der Waals surface area (Å²) in [4.78, 5) is 41.1. The van der Waals surface area contributed by atoms with Crippen LogP contribution in [0.15, 0.2) is 82.2 Å². The Balaban J connectivity index is 1.49. The van der Waals surface area contributed by atoms with Gasteiger partial charge in [0.1, 0.15) is 12.1 Å². The van der Waals surface area contributed by atoms with Gasteiger partial charge in [-0.25, -0.2) is 4.79 Å². The number of nitrogens with one attached hydrogen (secondary N) is 1. The van der Waals surface area contributed by atoms with Crippen LogP contribution in [-0.4, -0.2) is 33.7 Å². The molecule has 1 N–H and O–H groups in total. The third kappa shape index (κ3) is 4.46. The molecule has 1 amide bonds. The number of hydrogen-bond acceptors (Lipinski definition) is 7. The summed E-state index contributed by atoms with van der Waals surface area (Å²) >= 11 is 0. The lowest BCUT2D eigenvalue weighted by atomic mass is 10.2. The number of benzene rings is 2. The highest BCUT2D eigenvalue weighted by atomic mass is 16.5. The van der Waals surface area contributed by atoms with Crippen molar-refractivity contribution in [1.82, 2.24) is 14.7 Å². The van der Waals surface area contributed by atoms with Crippen molar-refractivity contribution in [1.29, 1.82) is 0 Å². The first kappa shape index (κ1) is 20.7. The first-order valence-corrected chi connectivity index (χ1v) is 9.62. The molecule has 160 valence electrons. The zero-order valence-electron chi connectivity index (χ0n) is 17.0. The molecule has 0 spiro atoms. The Morgan fingerprint density at radius 2 is 1.78 bits per heavy atom. The maximum absolute atomic E-state index is 12.9. The van der Waals surface area contributed by atoms with Gasteiger partial charge in [0, 0.05) is 17.4 Å². The fourth-order valence-corrected chi connectivity index (χ4v) is 3.02. The highest BCUT2D eigenvalue weighted by Crippen LogP contribution is 2.19. The number of carbonyl (C=O) groups excluding carboxylic acids is 2. The van der Waals surface area contributed by atoms with Gasteiger partial charge in [0.05, 0.1) is 12.7 Å². The van der Waals surface area contributed by atoms with Crippen molar-refractivity contribution in [3.05, 3.63) is 88.8 Å². The molecular weight excluding hydrogens is 412 g/mol. The van der Waals surface area contributed by atoms with E-state index in [-0.39, 0.29) is 18.0 Å². The van der Waals surface area contributed by atoms with Gasteiger partial charge in [-0.15, -0.1) is 0 Å². The number of pyridine rings is 1. The second-order valence-electron chi connectivity index (χ2n) is 6.76. The topological polar surface area (TPSA) is 116 Å². The minimum Gasteiger partial charge on any atom is -0.465 e. The summed E-state index contributed by atoms with van der Waals surface area (Å²) in [5.74, 6) is -0.446. The monoisotopic (exact) mass is 430 g/mol. The summed E-state index contributed by atoms with van der Waals surface area (Å²) in [5.41, 5.74) is 1.36. The second kappa shape index (κ2) is 9.09. The quantitative estimate of drug-likeness (QED) is 0.468. The fourth-order valence-electron chi connectivity index (χ4n) is 3.02. The third-order valence-electron chi connectivity index (χ3n) is 4.61. The van der Waals surface area contributed by atoms with E-state index in [2.05, 4.69) is 20.2 Å². The van der Waals surface area contributed by atoms with Crippen LogP contribution in [0.3, 0.4) is 0 Å². The van der Waals surface area contributed by atoms with E-state index in [9.17, 15) is 14.4 Å². The van der Waals surface area contributed by atoms with E-state index in [0.717, 1.165) is 5.56 Å². The normalized spacial score (nSPS) is 10.5. The van der Waals surface area contributed by atoms with Crippen molar-refractivity contribution in [3.8, 4) is 22.8 Å². The van der Waals surface area contributed by atoms with Crippen LogP contribution in [0.25, 0.3) is 22.8 Å². The molecule has 2 heterocycles. The molecule has 0 aliphatic carbocycles. The minimum absolute atomic E-state index is 0.0713. The molecule has 0 saturated heterocycles. The van der Waals surface area contributed by atoms with Crippen LogP contribution < -0.4 is 10.9 Å². The van der Waals surface area contributed by atoms with Crippen LogP contribution in [0, 0.1) is 0 Å². The van der Waals surface area contributed by atoms with Crippen LogP contribution in [0.5, 0.6) is 0 Å². The van der Waals surface area contributed by atoms with Gasteiger partial charge >= 0.3 is 5.97 Å². The molecule has 0 bridgehead atoms. The molecule has 0 atom stereocenters. The maximum Gasteiger partial charge on any atom is 0.337 e. The van der Waals surface area contributed by atoms with Crippen molar-refractivity contribution < 1.29 is 18.8 Å². The van der Waals surface area contributed by atoms with E-state index in [4.69, 9.17) is 4.52 Å². The van der Waals surface area contributed by atoms with Crippen molar-refractivity contribution in [2.75, 3.05) is 12.4 Å². The average Bonchev–Trinajstić information content (AvgIpc) is 3.31.